The van der Waals surface area contributed by atoms with Crippen LogP contribution < -0.4 is 19.7 Å². The Balaban J connectivity index is 1.52. The molecule has 0 radical (unpaired) electrons. The van der Waals surface area contributed by atoms with Crippen LogP contribution in [0.3, 0.4) is 0 Å². The van der Waals surface area contributed by atoms with Crippen molar-refractivity contribution in [1.29, 1.82) is 0 Å². The number of rotatable bonds is 7. The van der Waals surface area contributed by atoms with Gasteiger partial charge in [0.2, 0.25) is 5.91 Å². The summed E-state index contributed by atoms with van der Waals surface area (Å²) in [6.45, 7) is 4.07. The van der Waals surface area contributed by atoms with Crippen LogP contribution in [0, 0.1) is 0 Å². The maximum atomic E-state index is 12.9. The summed E-state index contributed by atoms with van der Waals surface area (Å²) in [5, 5.41) is 2.98. The molecule has 0 unspecified atom stereocenters. The van der Waals surface area contributed by atoms with Gasteiger partial charge in [0.15, 0.2) is 0 Å². The molecular formula is C21H30N4O6. The fourth-order valence-corrected chi connectivity index (χ4v) is 3.83. The van der Waals surface area contributed by atoms with Gasteiger partial charge in [-0.05, 0) is 31.9 Å². The Labute approximate surface area is 182 Å². The van der Waals surface area contributed by atoms with Crippen LogP contribution in [-0.4, -0.2) is 87.4 Å². The van der Waals surface area contributed by atoms with Crippen molar-refractivity contribution in [3.8, 4) is 11.5 Å². The number of piperidine rings is 1. The SMILES string of the molecule is CCOC(=O)N1CCC(NC(=O)CN2CCN(c3cc(OC)ccc3OC)C2=O)CC1. The van der Waals surface area contributed by atoms with E-state index in [-0.39, 0.29) is 30.6 Å². The highest BCUT2D eigenvalue weighted by Crippen LogP contribution is 2.34. The highest BCUT2D eigenvalue weighted by molar-refractivity contribution is 5.98. The zero-order valence-electron chi connectivity index (χ0n) is 18.3. The summed E-state index contributed by atoms with van der Waals surface area (Å²) in [5.74, 6) is 0.977. The van der Waals surface area contributed by atoms with Crippen molar-refractivity contribution in [2.45, 2.75) is 25.8 Å². The number of anilines is 1. The molecule has 1 aromatic carbocycles. The molecule has 0 bridgehead atoms. The summed E-state index contributed by atoms with van der Waals surface area (Å²) in [4.78, 5) is 42.0. The van der Waals surface area contributed by atoms with Crippen molar-refractivity contribution < 1.29 is 28.6 Å². The first-order valence-electron chi connectivity index (χ1n) is 10.5. The van der Waals surface area contributed by atoms with Crippen LogP contribution >= 0.6 is 0 Å². The molecule has 2 saturated heterocycles. The topological polar surface area (TPSA) is 101 Å². The predicted octanol–water partition coefficient (Wildman–Crippen LogP) is 1.68. The maximum Gasteiger partial charge on any atom is 0.409 e. The van der Waals surface area contributed by atoms with Gasteiger partial charge in [0.25, 0.3) is 0 Å². The first-order chi connectivity index (χ1) is 15.0. The Morgan fingerprint density at radius 3 is 2.48 bits per heavy atom. The number of hydrogen-bond donors (Lipinski definition) is 1. The van der Waals surface area contributed by atoms with Gasteiger partial charge in [-0.1, -0.05) is 0 Å². The Bertz CT molecular complexity index is 809. The second-order valence-corrected chi connectivity index (χ2v) is 7.42. The Morgan fingerprint density at radius 2 is 1.84 bits per heavy atom. The van der Waals surface area contributed by atoms with E-state index in [0.717, 1.165) is 0 Å². The van der Waals surface area contributed by atoms with Crippen molar-refractivity contribution in [3.05, 3.63) is 18.2 Å². The molecule has 0 atom stereocenters. The minimum atomic E-state index is -0.317. The van der Waals surface area contributed by atoms with Gasteiger partial charge in [-0.2, -0.15) is 0 Å². The van der Waals surface area contributed by atoms with Crippen molar-refractivity contribution in [3.63, 3.8) is 0 Å². The molecule has 4 amide bonds. The highest BCUT2D eigenvalue weighted by Gasteiger charge is 2.33. The number of carbonyl (C=O) groups excluding carboxylic acids is 3. The fourth-order valence-electron chi connectivity index (χ4n) is 3.83. The molecule has 0 saturated carbocycles. The van der Waals surface area contributed by atoms with E-state index >= 15 is 0 Å². The van der Waals surface area contributed by atoms with Crippen LogP contribution in [-0.2, 0) is 9.53 Å². The quantitative estimate of drug-likeness (QED) is 0.701. The minimum absolute atomic E-state index is 0.0142. The molecular weight excluding hydrogens is 404 g/mol. The molecule has 2 aliphatic heterocycles. The summed E-state index contributed by atoms with van der Waals surface area (Å²) in [5.41, 5.74) is 0.612. The van der Waals surface area contributed by atoms with E-state index < -0.39 is 0 Å². The van der Waals surface area contributed by atoms with Crippen molar-refractivity contribution in [2.24, 2.45) is 0 Å². The predicted molar refractivity (Wildman–Crippen MR) is 114 cm³/mol. The number of ether oxygens (including phenoxy) is 3. The van der Waals surface area contributed by atoms with Crippen molar-refractivity contribution in [2.75, 3.05) is 58.5 Å². The molecule has 1 aromatic rings. The number of carbonyl (C=O) groups is 3. The molecule has 0 aromatic heterocycles. The number of urea groups is 1. The molecule has 10 heteroatoms. The zero-order chi connectivity index (χ0) is 22.4. The van der Waals surface area contributed by atoms with Crippen LogP contribution in [0.2, 0.25) is 0 Å². The second-order valence-electron chi connectivity index (χ2n) is 7.42. The minimum Gasteiger partial charge on any atom is -0.497 e. The molecule has 10 nitrogen and oxygen atoms in total. The van der Waals surface area contributed by atoms with E-state index in [9.17, 15) is 14.4 Å². The van der Waals surface area contributed by atoms with Gasteiger partial charge in [0, 0.05) is 38.3 Å². The lowest BCUT2D eigenvalue weighted by Crippen LogP contribution is -2.49. The van der Waals surface area contributed by atoms with E-state index in [4.69, 9.17) is 14.2 Å². The third kappa shape index (κ3) is 5.31. The van der Waals surface area contributed by atoms with Gasteiger partial charge < -0.3 is 29.3 Å². The lowest BCUT2D eigenvalue weighted by Gasteiger charge is -2.31. The van der Waals surface area contributed by atoms with Crippen molar-refractivity contribution in [1.82, 2.24) is 15.1 Å². The lowest BCUT2D eigenvalue weighted by atomic mass is 10.1. The van der Waals surface area contributed by atoms with Crippen LogP contribution in [0.4, 0.5) is 15.3 Å². The molecule has 31 heavy (non-hydrogen) atoms. The van der Waals surface area contributed by atoms with E-state index in [0.29, 0.717) is 62.8 Å². The van der Waals surface area contributed by atoms with E-state index in [2.05, 4.69) is 5.32 Å². The number of likely N-dealkylation sites (tertiary alicyclic amines) is 1. The number of nitrogens with one attached hydrogen (secondary N) is 1. The molecule has 170 valence electrons. The second kappa shape index (κ2) is 10.2. The third-order valence-electron chi connectivity index (χ3n) is 5.49. The molecule has 1 N–H and O–H groups in total. The first kappa shape index (κ1) is 22.5. The number of methoxy groups -OCH3 is 2. The Kier molecular flexibility index (Phi) is 7.43. The lowest BCUT2D eigenvalue weighted by molar-refractivity contribution is -0.122. The van der Waals surface area contributed by atoms with Gasteiger partial charge in [0.1, 0.15) is 18.0 Å². The molecule has 2 heterocycles. The van der Waals surface area contributed by atoms with Crippen molar-refractivity contribution >= 4 is 23.7 Å². The summed E-state index contributed by atoms with van der Waals surface area (Å²) < 4.78 is 15.6. The summed E-state index contributed by atoms with van der Waals surface area (Å²) in [6.07, 6.45) is 1.00. The fraction of sp³-hybridized carbons (Fsp3) is 0.571. The van der Waals surface area contributed by atoms with Crippen LogP contribution in [0.5, 0.6) is 11.5 Å². The van der Waals surface area contributed by atoms with Gasteiger partial charge in [0.05, 0.1) is 26.5 Å². The van der Waals surface area contributed by atoms with Gasteiger partial charge in [-0.15, -0.1) is 0 Å². The van der Waals surface area contributed by atoms with E-state index in [1.807, 2.05) is 0 Å². The van der Waals surface area contributed by atoms with E-state index in [1.165, 1.54) is 4.90 Å². The van der Waals surface area contributed by atoms with Crippen LogP contribution in [0.15, 0.2) is 18.2 Å². The van der Waals surface area contributed by atoms with Gasteiger partial charge >= 0.3 is 12.1 Å². The van der Waals surface area contributed by atoms with Gasteiger partial charge in [-0.25, -0.2) is 9.59 Å². The molecule has 0 aliphatic carbocycles. The molecule has 3 rings (SSSR count). The zero-order valence-corrected chi connectivity index (χ0v) is 18.3. The number of nitrogens with zero attached hydrogens (tertiary/aromatic N) is 3. The number of hydrogen-bond acceptors (Lipinski definition) is 6. The summed E-state index contributed by atoms with van der Waals surface area (Å²) >= 11 is 0. The average Bonchev–Trinajstić information content (AvgIpc) is 3.13. The standard InChI is InChI=1S/C21H30N4O6/c1-4-31-21(28)23-9-7-15(8-10-23)22-19(26)14-24-11-12-25(20(24)27)17-13-16(29-2)5-6-18(17)30-3/h5-6,13,15H,4,7-12,14H2,1-3H3,(H,22,26). The van der Waals surface area contributed by atoms with E-state index in [1.54, 1.807) is 49.1 Å². The number of amides is 4. The summed E-state index contributed by atoms with van der Waals surface area (Å²) in [6, 6.07) is 4.99. The largest absolute Gasteiger partial charge is 0.497 e. The molecule has 2 aliphatic rings. The molecule has 0 spiro atoms. The normalized spacial score (nSPS) is 17.0. The van der Waals surface area contributed by atoms with Crippen LogP contribution in [0.1, 0.15) is 19.8 Å². The Hall–Kier alpha value is -3.17. The third-order valence-corrected chi connectivity index (χ3v) is 5.49. The summed E-state index contributed by atoms with van der Waals surface area (Å²) in [7, 11) is 3.11. The molecule has 2 fully saturated rings. The number of benzene rings is 1. The highest BCUT2D eigenvalue weighted by atomic mass is 16.6. The van der Waals surface area contributed by atoms with Gasteiger partial charge in [-0.3, -0.25) is 9.69 Å². The monoisotopic (exact) mass is 434 g/mol. The maximum absolute atomic E-state index is 12.9. The Morgan fingerprint density at radius 1 is 1.10 bits per heavy atom. The van der Waals surface area contributed by atoms with Crippen LogP contribution in [0.25, 0.3) is 0 Å². The smallest absolute Gasteiger partial charge is 0.409 e. The average molecular weight is 434 g/mol. The first-order valence-corrected chi connectivity index (χ1v) is 10.5.